The van der Waals surface area contributed by atoms with Crippen molar-refractivity contribution >= 4 is 34.3 Å². The number of β-amino-alcohol motifs (C(OH)–C–C–N with tert-alkyl or cyclic N) is 1. The average molecular weight is 529 g/mol. The van der Waals surface area contributed by atoms with Gasteiger partial charge in [-0.2, -0.15) is 5.26 Å². The van der Waals surface area contributed by atoms with Gasteiger partial charge in [0.1, 0.15) is 18.4 Å². The molecular weight excluding hydrogens is 504 g/mol. The number of aromatic nitrogens is 1. The number of amides is 1. The van der Waals surface area contributed by atoms with Crippen LogP contribution in [0.1, 0.15) is 17.5 Å². The number of benzene rings is 3. The Morgan fingerprint density at radius 3 is 2.76 bits per heavy atom. The van der Waals surface area contributed by atoms with E-state index in [9.17, 15) is 20.3 Å². The molecule has 0 aliphatic carbocycles. The van der Waals surface area contributed by atoms with Gasteiger partial charge in [0.15, 0.2) is 0 Å². The smallest absolute Gasteiger partial charge is 0.407 e. The first-order valence-electron chi connectivity index (χ1n) is 12.2. The Morgan fingerprint density at radius 2 is 2.00 bits per heavy atom. The fourth-order valence-electron chi connectivity index (χ4n) is 4.73. The van der Waals surface area contributed by atoms with E-state index in [-0.39, 0.29) is 24.5 Å². The molecule has 9 heteroatoms. The summed E-state index contributed by atoms with van der Waals surface area (Å²) in [6, 6.07) is 21.5. The SMILES string of the molecule is N#Cc1cccc(-c2ccc3ncc(Cl)c(N4CC[C@H](NC(=O)OCc5ccccc5)[C@H](O)C4)c3c2)c1O. The summed E-state index contributed by atoms with van der Waals surface area (Å²) in [4.78, 5) is 18.7. The number of pyridine rings is 1. The van der Waals surface area contributed by atoms with Crippen LogP contribution in [-0.4, -0.2) is 46.5 Å². The number of aliphatic hydroxyl groups is 1. The van der Waals surface area contributed by atoms with Crippen molar-refractivity contribution < 1.29 is 19.7 Å². The number of nitrogens with zero attached hydrogens (tertiary/aromatic N) is 3. The Balaban J connectivity index is 1.35. The summed E-state index contributed by atoms with van der Waals surface area (Å²) in [5, 5.41) is 34.7. The van der Waals surface area contributed by atoms with Crippen molar-refractivity contribution in [2.45, 2.75) is 25.2 Å². The molecule has 38 heavy (non-hydrogen) atoms. The van der Waals surface area contributed by atoms with Crippen molar-refractivity contribution in [1.29, 1.82) is 5.26 Å². The highest BCUT2D eigenvalue weighted by Gasteiger charge is 2.31. The molecule has 0 radical (unpaired) electrons. The lowest BCUT2D eigenvalue weighted by atomic mass is 9.98. The van der Waals surface area contributed by atoms with E-state index < -0.39 is 18.2 Å². The number of aliphatic hydroxyl groups excluding tert-OH is 1. The number of halogens is 1. The maximum Gasteiger partial charge on any atom is 0.407 e. The number of nitrogens with one attached hydrogen (secondary N) is 1. The molecule has 1 fully saturated rings. The van der Waals surface area contributed by atoms with E-state index in [2.05, 4.69) is 10.3 Å². The second kappa shape index (κ2) is 11.0. The Hall–Kier alpha value is -4.32. The number of para-hydroxylation sites is 1. The highest BCUT2D eigenvalue weighted by Crippen LogP contribution is 2.39. The molecule has 5 rings (SSSR count). The third-order valence-corrected chi connectivity index (χ3v) is 6.95. The highest BCUT2D eigenvalue weighted by molar-refractivity contribution is 6.34. The van der Waals surface area contributed by atoms with Crippen LogP contribution in [0.15, 0.2) is 72.9 Å². The molecule has 1 aromatic heterocycles. The molecule has 8 nitrogen and oxygen atoms in total. The van der Waals surface area contributed by atoms with Crippen LogP contribution in [-0.2, 0) is 11.3 Å². The summed E-state index contributed by atoms with van der Waals surface area (Å²) < 4.78 is 5.30. The zero-order valence-corrected chi connectivity index (χ0v) is 21.1. The average Bonchev–Trinajstić information content (AvgIpc) is 2.93. The molecule has 1 amide bonds. The van der Waals surface area contributed by atoms with Gasteiger partial charge in [-0.3, -0.25) is 4.98 Å². The van der Waals surface area contributed by atoms with Crippen molar-refractivity contribution in [1.82, 2.24) is 10.3 Å². The Kier molecular flexibility index (Phi) is 7.31. The third kappa shape index (κ3) is 5.21. The van der Waals surface area contributed by atoms with Crippen molar-refractivity contribution in [3.8, 4) is 22.9 Å². The zero-order chi connectivity index (χ0) is 26.6. The lowest BCUT2D eigenvalue weighted by Gasteiger charge is -2.38. The fourth-order valence-corrected chi connectivity index (χ4v) is 5.00. The molecule has 1 aliphatic rings. The van der Waals surface area contributed by atoms with Gasteiger partial charge in [0, 0.05) is 30.2 Å². The number of phenols is 1. The number of carbonyl (C=O) groups excluding carboxylic acids is 1. The number of nitriles is 1. The Bertz CT molecular complexity index is 1520. The number of fused-ring (bicyclic) bond motifs is 1. The van der Waals surface area contributed by atoms with Crippen molar-refractivity contribution in [2.24, 2.45) is 0 Å². The van der Waals surface area contributed by atoms with Gasteiger partial charge >= 0.3 is 6.09 Å². The van der Waals surface area contributed by atoms with Crippen LogP contribution in [0.4, 0.5) is 10.5 Å². The zero-order valence-electron chi connectivity index (χ0n) is 20.3. The van der Waals surface area contributed by atoms with E-state index in [1.165, 1.54) is 0 Å². The van der Waals surface area contributed by atoms with E-state index in [1.54, 1.807) is 24.4 Å². The largest absolute Gasteiger partial charge is 0.506 e. The van der Waals surface area contributed by atoms with Gasteiger partial charge in [-0.1, -0.05) is 60.1 Å². The molecule has 2 heterocycles. The third-order valence-electron chi connectivity index (χ3n) is 6.68. The number of carbonyl (C=O) groups is 1. The number of hydrogen-bond acceptors (Lipinski definition) is 7. The summed E-state index contributed by atoms with van der Waals surface area (Å²) >= 11 is 6.61. The van der Waals surface area contributed by atoms with Crippen LogP contribution in [0, 0.1) is 11.3 Å². The van der Waals surface area contributed by atoms with E-state index in [0.717, 1.165) is 10.9 Å². The summed E-state index contributed by atoms with van der Waals surface area (Å²) in [6.07, 6.45) is 0.617. The molecule has 1 aliphatic heterocycles. The number of ether oxygens (including phenoxy) is 1. The minimum atomic E-state index is -0.855. The summed E-state index contributed by atoms with van der Waals surface area (Å²) in [6.45, 7) is 0.913. The molecule has 3 N–H and O–H groups in total. The van der Waals surface area contributed by atoms with Gasteiger partial charge in [-0.15, -0.1) is 0 Å². The molecule has 1 saturated heterocycles. The van der Waals surface area contributed by atoms with Crippen LogP contribution in [0.2, 0.25) is 5.02 Å². The second-order valence-corrected chi connectivity index (χ2v) is 9.52. The molecular formula is C29H25ClN4O4. The quantitative estimate of drug-likeness (QED) is 0.333. The van der Waals surface area contributed by atoms with Crippen LogP contribution in [0.25, 0.3) is 22.0 Å². The Morgan fingerprint density at radius 1 is 1.18 bits per heavy atom. The summed E-state index contributed by atoms with van der Waals surface area (Å²) in [5.41, 5.74) is 3.70. The fraction of sp³-hybridized carbons (Fsp3) is 0.207. The molecule has 192 valence electrons. The molecule has 3 aromatic carbocycles. The van der Waals surface area contributed by atoms with Crippen molar-refractivity contribution in [3.63, 3.8) is 0 Å². The number of alkyl carbamates (subject to hydrolysis) is 1. The maximum atomic E-state index is 12.3. The molecule has 0 spiro atoms. The minimum absolute atomic E-state index is 0.0904. The first-order valence-corrected chi connectivity index (χ1v) is 12.5. The van der Waals surface area contributed by atoms with E-state index in [0.29, 0.717) is 40.3 Å². The first-order chi connectivity index (χ1) is 18.4. The number of aromatic hydroxyl groups is 1. The van der Waals surface area contributed by atoms with Crippen molar-refractivity contribution in [3.05, 3.63) is 89.1 Å². The lowest BCUT2D eigenvalue weighted by molar-refractivity contribution is 0.0933. The van der Waals surface area contributed by atoms with Gasteiger partial charge in [-0.25, -0.2) is 4.79 Å². The lowest BCUT2D eigenvalue weighted by Crippen LogP contribution is -2.54. The Labute approximate surface area is 224 Å². The molecule has 2 atom stereocenters. The number of hydrogen-bond donors (Lipinski definition) is 3. The van der Waals surface area contributed by atoms with Crippen LogP contribution in [0.5, 0.6) is 5.75 Å². The van der Waals surface area contributed by atoms with Gasteiger partial charge in [-0.05, 0) is 35.7 Å². The number of rotatable bonds is 5. The minimum Gasteiger partial charge on any atom is -0.506 e. The van der Waals surface area contributed by atoms with E-state index in [1.807, 2.05) is 59.5 Å². The van der Waals surface area contributed by atoms with Crippen LogP contribution in [0.3, 0.4) is 0 Å². The highest BCUT2D eigenvalue weighted by atomic mass is 35.5. The van der Waals surface area contributed by atoms with E-state index in [4.69, 9.17) is 16.3 Å². The number of piperidine rings is 1. The van der Waals surface area contributed by atoms with Gasteiger partial charge in [0.25, 0.3) is 0 Å². The molecule has 0 saturated carbocycles. The summed E-state index contributed by atoms with van der Waals surface area (Å²) in [7, 11) is 0. The number of phenolic OH excluding ortho intramolecular Hbond substituents is 1. The maximum absolute atomic E-state index is 12.3. The topological polar surface area (TPSA) is 119 Å². The normalized spacial score (nSPS) is 17.1. The predicted molar refractivity (Wildman–Crippen MR) is 145 cm³/mol. The van der Waals surface area contributed by atoms with Crippen molar-refractivity contribution in [2.75, 3.05) is 18.0 Å². The number of anilines is 1. The molecule has 4 aromatic rings. The summed E-state index contributed by atoms with van der Waals surface area (Å²) in [5.74, 6) is -0.0904. The second-order valence-electron chi connectivity index (χ2n) is 9.11. The van der Waals surface area contributed by atoms with Gasteiger partial charge < -0.3 is 25.2 Å². The van der Waals surface area contributed by atoms with E-state index >= 15 is 0 Å². The van der Waals surface area contributed by atoms with Gasteiger partial charge in [0.2, 0.25) is 0 Å². The molecule has 0 unspecified atom stereocenters. The predicted octanol–water partition coefficient (Wildman–Crippen LogP) is 5.00. The standard InChI is InChI=1S/C29H25ClN4O4/c30-23-15-32-24-10-9-19(21-8-4-7-20(14-31)28(21)36)13-22(24)27(23)34-12-11-25(26(35)16-34)33-29(37)38-17-18-5-2-1-3-6-18/h1-10,13,15,25-26,35-36H,11-12,16-17H2,(H,33,37)/t25-,26+/m0/s1. The van der Waals surface area contributed by atoms with Crippen LogP contribution >= 0.6 is 11.6 Å². The molecule has 0 bridgehead atoms. The first kappa shape index (κ1) is 25.3. The van der Waals surface area contributed by atoms with Gasteiger partial charge in [0.05, 0.1) is 33.9 Å². The van der Waals surface area contributed by atoms with Crippen LogP contribution < -0.4 is 10.2 Å². The monoisotopic (exact) mass is 528 g/mol.